The van der Waals surface area contributed by atoms with Gasteiger partial charge in [-0.2, -0.15) is 0 Å². The van der Waals surface area contributed by atoms with Crippen molar-refractivity contribution in [3.63, 3.8) is 0 Å². The maximum atomic E-state index is 12.3. The number of rotatable bonds is 1. The van der Waals surface area contributed by atoms with E-state index in [1.807, 2.05) is 25.1 Å². The second-order valence-electron chi connectivity index (χ2n) is 5.76. The third-order valence-corrected chi connectivity index (χ3v) is 4.78. The van der Waals surface area contributed by atoms with E-state index in [9.17, 15) is 4.79 Å². The Morgan fingerprint density at radius 3 is 2.83 bits per heavy atom. The summed E-state index contributed by atoms with van der Waals surface area (Å²) in [7, 11) is 1.64. The molecule has 2 N–H and O–H groups in total. The largest absolute Gasteiger partial charge is 0.496 e. The van der Waals surface area contributed by atoms with E-state index in [4.69, 9.17) is 4.74 Å². The van der Waals surface area contributed by atoms with Gasteiger partial charge in [0.2, 0.25) is 5.91 Å². The summed E-state index contributed by atoms with van der Waals surface area (Å²) < 4.78 is 6.38. The van der Waals surface area contributed by atoms with E-state index in [-0.39, 0.29) is 5.91 Å². The lowest BCUT2D eigenvalue weighted by Crippen LogP contribution is -2.12. The van der Waals surface area contributed by atoms with Crippen LogP contribution in [0.15, 0.2) is 34.8 Å². The zero-order valence-corrected chi connectivity index (χ0v) is 14.4. The van der Waals surface area contributed by atoms with Gasteiger partial charge in [-0.3, -0.25) is 4.79 Å². The number of hydrogen-bond acceptors (Lipinski definition) is 2. The number of halogens is 1. The van der Waals surface area contributed by atoms with Gasteiger partial charge in [0.15, 0.2) is 0 Å². The Bertz CT molecular complexity index is 959. The van der Waals surface area contributed by atoms with Crippen LogP contribution in [0.5, 0.6) is 5.75 Å². The zero-order chi connectivity index (χ0) is 16.1. The molecule has 0 unspecified atom stereocenters. The monoisotopic (exact) mass is 370 g/mol. The molecule has 1 aliphatic rings. The van der Waals surface area contributed by atoms with Gasteiger partial charge < -0.3 is 15.0 Å². The van der Waals surface area contributed by atoms with Crippen molar-refractivity contribution in [2.45, 2.75) is 13.3 Å². The molecule has 2 heterocycles. The molecule has 0 radical (unpaired) electrons. The minimum absolute atomic E-state index is 0.0169. The van der Waals surface area contributed by atoms with Gasteiger partial charge in [0, 0.05) is 27.0 Å². The van der Waals surface area contributed by atoms with Gasteiger partial charge in [-0.05, 0) is 42.3 Å². The van der Waals surface area contributed by atoms with Crippen molar-refractivity contribution in [2.75, 3.05) is 12.4 Å². The Balaban J connectivity index is 2.06. The van der Waals surface area contributed by atoms with Crippen LogP contribution >= 0.6 is 15.9 Å². The fourth-order valence-corrected chi connectivity index (χ4v) is 3.57. The number of carbonyl (C=O) groups is 1. The maximum absolute atomic E-state index is 12.3. The zero-order valence-electron chi connectivity index (χ0n) is 12.8. The predicted molar refractivity (Wildman–Crippen MR) is 95.1 cm³/mol. The highest BCUT2D eigenvalue weighted by molar-refractivity contribution is 9.10. The first kappa shape index (κ1) is 14.3. The first-order chi connectivity index (χ1) is 11.1. The molecule has 1 aliphatic heterocycles. The Labute approximate surface area is 142 Å². The first-order valence-electron chi connectivity index (χ1n) is 7.36. The molecule has 116 valence electrons. The van der Waals surface area contributed by atoms with Crippen LogP contribution in [-0.2, 0) is 11.2 Å². The van der Waals surface area contributed by atoms with Gasteiger partial charge in [0.05, 0.1) is 24.9 Å². The van der Waals surface area contributed by atoms with Crippen LogP contribution in [0.3, 0.4) is 0 Å². The van der Waals surface area contributed by atoms with E-state index in [0.29, 0.717) is 6.42 Å². The Hall–Kier alpha value is -2.27. The molecule has 1 aromatic heterocycles. The van der Waals surface area contributed by atoms with Crippen molar-refractivity contribution in [1.82, 2.24) is 4.98 Å². The molecule has 0 saturated heterocycles. The molecular formula is C18H15BrN2O2. The van der Waals surface area contributed by atoms with Crippen LogP contribution in [0.2, 0.25) is 0 Å². The topological polar surface area (TPSA) is 54.1 Å². The van der Waals surface area contributed by atoms with E-state index in [1.54, 1.807) is 7.11 Å². The van der Waals surface area contributed by atoms with Crippen molar-refractivity contribution in [3.8, 4) is 17.0 Å². The standard InChI is InChI=1S/C18H15BrN2O2/c1-9-5-13-15(8-16(9)23-2)20-17(22)7-12-11-6-10(19)3-4-14(11)21-18(12)13/h3-6,8,21H,7H2,1-2H3,(H,20,22). The summed E-state index contributed by atoms with van der Waals surface area (Å²) in [6, 6.07) is 10.0. The highest BCUT2D eigenvalue weighted by atomic mass is 79.9. The Morgan fingerprint density at radius 1 is 1.22 bits per heavy atom. The van der Waals surface area contributed by atoms with E-state index < -0.39 is 0 Å². The van der Waals surface area contributed by atoms with Crippen LogP contribution in [-0.4, -0.2) is 18.0 Å². The van der Waals surface area contributed by atoms with Gasteiger partial charge in [0.25, 0.3) is 0 Å². The number of fused-ring (bicyclic) bond motifs is 5. The van der Waals surface area contributed by atoms with Crippen LogP contribution in [0.25, 0.3) is 22.2 Å². The van der Waals surface area contributed by atoms with Gasteiger partial charge in [0.1, 0.15) is 5.75 Å². The molecule has 0 atom stereocenters. The summed E-state index contributed by atoms with van der Waals surface area (Å²) in [5.74, 6) is 0.753. The highest BCUT2D eigenvalue weighted by Gasteiger charge is 2.24. The Kier molecular flexibility index (Phi) is 3.20. The summed E-state index contributed by atoms with van der Waals surface area (Å²) >= 11 is 3.51. The summed E-state index contributed by atoms with van der Waals surface area (Å²) in [6.45, 7) is 2.00. The fourth-order valence-electron chi connectivity index (χ4n) is 3.21. The Morgan fingerprint density at radius 2 is 2.04 bits per heavy atom. The van der Waals surface area contributed by atoms with Crippen LogP contribution < -0.4 is 10.1 Å². The van der Waals surface area contributed by atoms with Crippen molar-refractivity contribution in [1.29, 1.82) is 0 Å². The summed E-state index contributed by atoms with van der Waals surface area (Å²) in [5, 5.41) is 4.06. The quantitative estimate of drug-likeness (QED) is 0.666. The lowest BCUT2D eigenvalue weighted by atomic mass is 10.0. The normalized spacial score (nSPS) is 13.3. The molecule has 0 fully saturated rings. The number of aryl methyl sites for hydroxylation is 1. The van der Waals surface area contributed by atoms with Crippen molar-refractivity contribution in [3.05, 3.63) is 45.9 Å². The van der Waals surface area contributed by atoms with Crippen molar-refractivity contribution < 1.29 is 9.53 Å². The molecule has 5 heteroatoms. The summed E-state index contributed by atoms with van der Waals surface area (Å²) in [5.41, 5.74) is 5.87. The second-order valence-corrected chi connectivity index (χ2v) is 6.68. The number of benzene rings is 2. The summed E-state index contributed by atoms with van der Waals surface area (Å²) in [6.07, 6.45) is 0.349. The average molecular weight is 371 g/mol. The molecule has 3 aromatic rings. The molecule has 0 saturated carbocycles. The SMILES string of the molecule is COc1cc2c(cc1C)-c1[nH]c3ccc(Br)cc3c1CC(=O)N2. The van der Waals surface area contributed by atoms with Crippen LogP contribution in [0, 0.1) is 6.92 Å². The maximum Gasteiger partial charge on any atom is 0.228 e. The van der Waals surface area contributed by atoms with Crippen molar-refractivity contribution >= 4 is 38.4 Å². The number of aromatic nitrogens is 1. The van der Waals surface area contributed by atoms with Crippen molar-refractivity contribution in [2.24, 2.45) is 0 Å². The molecule has 4 nitrogen and oxygen atoms in total. The number of ether oxygens (including phenoxy) is 1. The average Bonchev–Trinajstić information content (AvgIpc) is 2.79. The molecule has 2 aromatic carbocycles. The van der Waals surface area contributed by atoms with Crippen LogP contribution in [0.1, 0.15) is 11.1 Å². The minimum atomic E-state index is -0.0169. The lowest BCUT2D eigenvalue weighted by molar-refractivity contribution is -0.115. The van der Waals surface area contributed by atoms with Gasteiger partial charge in [-0.1, -0.05) is 15.9 Å². The van der Waals surface area contributed by atoms with Gasteiger partial charge in [-0.25, -0.2) is 0 Å². The molecule has 1 amide bonds. The highest BCUT2D eigenvalue weighted by Crippen LogP contribution is 2.40. The molecule has 4 rings (SSSR count). The lowest BCUT2D eigenvalue weighted by Gasteiger charge is -2.12. The number of carbonyl (C=O) groups excluding carboxylic acids is 1. The first-order valence-corrected chi connectivity index (χ1v) is 8.15. The third kappa shape index (κ3) is 2.23. The number of nitrogens with one attached hydrogen (secondary N) is 2. The van der Waals surface area contributed by atoms with E-state index in [2.05, 4.69) is 38.4 Å². The fraction of sp³-hybridized carbons (Fsp3) is 0.167. The number of amides is 1. The number of aromatic amines is 1. The number of methoxy groups -OCH3 is 1. The van der Waals surface area contributed by atoms with E-state index >= 15 is 0 Å². The number of hydrogen-bond donors (Lipinski definition) is 2. The molecule has 0 aliphatic carbocycles. The minimum Gasteiger partial charge on any atom is -0.496 e. The summed E-state index contributed by atoms with van der Waals surface area (Å²) in [4.78, 5) is 15.8. The number of H-pyrrole nitrogens is 1. The van der Waals surface area contributed by atoms with E-state index in [1.165, 1.54) is 0 Å². The smallest absolute Gasteiger partial charge is 0.228 e. The van der Waals surface area contributed by atoms with E-state index in [0.717, 1.165) is 49.2 Å². The molecule has 23 heavy (non-hydrogen) atoms. The van der Waals surface area contributed by atoms with Gasteiger partial charge in [-0.15, -0.1) is 0 Å². The molecule has 0 bridgehead atoms. The number of anilines is 1. The third-order valence-electron chi connectivity index (χ3n) is 4.28. The molecule has 0 spiro atoms. The second kappa shape index (κ2) is 5.13. The van der Waals surface area contributed by atoms with Gasteiger partial charge >= 0.3 is 0 Å². The molecular weight excluding hydrogens is 356 g/mol. The van der Waals surface area contributed by atoms with Crippen LogP contribution in [0.4, 0.5) is 5.69 Å². The predicted octanol–water partition coefficient (Wildman–Crippen LogP) is 4.41.